The molecule has 1 saturated heterocycles. The fourth-order valence-electron chi connectivity index (χ4n) is 2.54. The number of aromatic amines is 2. The summed E-state index contributed by atoms with van der Waals surface area (Å²) in [5.41, 5.74) is 2.93. The highest BCUT2D eigenvalue weighted by Crippen LogP contribution is 2.24. The van der Waals surface area contributed by atoms with E-state index < -0.39 is 0 Å². The zero-order valence-electron chi connectivity index (χ0n) is 12.8. The number of aliphatic imine (C=N–C) groups is 1. The Labute approximate surface area is 130 Å². The van der Waals surface area contributed by atoms with Gasteiger partial charge < -0.3 is 19.4 Å². The van der Waals surface area contributed by atoms with Gasteiger partial charge in [0.15, 0.2) is 0 Å². The van der Waals surface area contributed by atoms with Crippen LogP contribution in [0.3, 0.4) is 0 Å². The summed E-state index contributed by atoms with van der Waals surface area (Å²) in [6.45, 7) is 5.39. The highest BCUT2D eigenvalue weighted by Gasteiger charge is 2.10. The summed E-state index contributed by atoms with van der Waals surface area (Å²) in [5, 5.41) is 0. The van der Waals surface area contributed by atoms with Gasteiger partial charge in [0, 0.05) is 38.1 Å². The van der Waals surface area contributed by atoms with E-state index in [1.54, 1.807) is 7.11 Å². The highest BCUT2D eigenvalue weighted by atomic mass is 16.5. The first-order valence-corrected chi connectivity index (χ1v) is 7.57. The minimum absolute atomic E-state index is 0.778. The SMILES string of the molecule is COc1cc(-c2ccc[nH]2)[nH]c1C=NCCN1CCOCC1. The molecule has 3 heterocycles. The van der Waals surface area contributed by atoms with Crippen molar-refractivity contribution in [3.05, 3.63) is 30.1 Å². The molecule has 2 aromatic heterocycles. The van der Waals surface area contributed by atoms with Gasteiger partial charge in [0.2, 0.25) is 0 Å². The zero-order chi connectivity index (χ0) is 15.2. The van der Waals surface area contributed by atoms with E-state index in [-0.39, 0.29) is 0 Å². The van der Waals surface area contributed by atoms with Crippen molar-refractivity contribution in [1.29, 1.82) is 0 Å². The second kappa shape index (κ2) is 7.29. The largest absolute Gasteiger partial charge is 0.494 e. The Balaban J connectivity index is 1.60. The molecule has 6 heteroatoms. The topological polar surface area (TPSA) is 65.6 Å². The van der Waals surface area contributed by atoms with Crippen molar-refractivity contribution < 1.29 is 9.47 Å². The van der Waals surface area contributed by atoms with E-state index in [4.69, 9.17) is 9.47 Å². The molecule has 1 aliphatic rings. The number of methoxy groups -OCH3 is 1. The molecular formula is C16H22N4O2. The molecule has 2 N–H and O–H groups in total. The number of H-pyrrole nitrogens is 2. The Kier molecular flexibility index (Phi) is 4.92. The van der Waals surface area contributed by atoms with E-state index >= 15 is 0 Å². The van der Waals surface area contributed by atoms with E-state index in [1.807, 2.05) is 30.6 Å². The van der Waals surface area contributed by atoms with Crippen LogP contribution < -0.4 is 4.74 Å². The van der Waals surface area contributed by atoms with Gasteiger partial charge >= 0.3 is 0 Å². The van der Waals surface area contributed by atoms with Gasteiger partial charge in [0.1, 0.15) is 5.75 Å². The molecule has 0 spiro atoms. The average molecular weight is 302 g/mol. The van der Waals surface area contributed by atoms with Crippen molar-refractivity contribution in [2.75, 3.05) is 46.5 Å². The van der Waals surface area contributed by atoms with Crippen molar-refractivity contribution in [1.82, 2.24) is 14.9 Å². The Morgan fingerprint density at radius 3 is 2.95 bits per heavy atom. The molecule has 0 aromatic carbocycles. The van der Waals surface area contributed by atoms with Gasteiger partial charge in [-0.1, -0.05) is 0 Å². The summed E-state index contributed by atoms with van der Waals surface area (Å²) < 4.78 is 10.7. The lowest BCUT2D eigenvalue weighted by molar-refractivity contribution is 0.0395. The van der Waals surface area contributed by atoms with Crippen LogP contribution >= 0.6 is 0 Å². The second-order valence-electron chi connectivity index (χ2n) is 5.24. The Morgan fingerprint density at radius 1 is 1.36 bits per heavy atom. The number of morpholine rings is 1. The maximum Gasteiger partial charge on any atom is 0.146 e. The molecule has 0 unspecified atom stereocenters. The van der Waals surface area contributed by atoms with Crippen molar-refractivity contribution in [3.8, 4) is 17.1 Å². The van der Waals surface area contributed by atoms with E-state index in [2.05, 4.69) is 19.9 Å². The van der Waals surface area contributed by atoms with Crippen LogP contribution in [0.5, 0.6) is 5.75 Å². The van der Waals surface area contributed by atoms with Gasteiger partial charge in [-0.15, -0.1) is 0 Å². The molecule has 0 radical (unpaired) electrons. The molecular weight excluding hydrogens is 280 g/mol. The number of hydrogen-bond donors (Lipinski definition) is 2. The number of aromatic nitrogens is 2. The predicted molar refractivity (Wildman–Crippen MR) is 86.9 cm³/mol. The van der Waals surface area contributed by atoms with Crippen LogP contribution in [-0.4, -0.2) is 67.6 Å². The summed E-state index contributed by atoms with van der Waals surface area (Å²) in [6, 6.07) is 5.97. The van der Waals surface area contributed by atoms with Crippen LogP contribution in [0.1, 0.15) is 5.69 Å². The normalized spacial score (nSPS) is 16.4. The first kappa shape index (κ1) is 14.9. The predicted octanol–water partition coefficient (Wildman–Crippen LogP) is 1.77. The van der Waals surface area contributed by atoms with Crippen LogP contribution in [0.4, 0.5) is 0 Å². The Hall–Kier alpha value is -2.05. The molecule has 3 rings (SSSR count). The van der Waals surface area contributed by atoms with Gasteiger partial charge in [-0.2, -0.15) is 0 Å². The lowest BCUT2D eigenvalue weighted by Crippen LogP contribution is -2.37. The summed E-state index contributed by atoms with van der Waals surface area (Å²) >= 11 is 0. The van der Waals surface area contributed by atoms with Crippen LogP contribution in [0.25, 0.3) is 11.4 Å². The van der Waals surface area contributed by atoms with Crippen LogP contribution in [-0.2, 0) is 4.74 Å². The van der Waals surface area contributed by atoms with Gasteiger partial charge in [-0.25, -0.2) is 0 Å². The molecule has 0 saturated carbocycles. The average Bonchev–Trinajstić information content (AvgIpc) is 3.21. The second-order valence-corrected chi connectivity index (χ2v) is 5.24. The number of nitrogens with one attached hydrogen (secondary N) is 2. The number of rotatable bonds is 6. The lowest BCUT2D eigenvalue weighted by Gasteiger charge is -2.25. The summed E-state index contributed by atoms with van der Waals surface area (Å²) in [4.78, 5) is 13.4. The molecule has 22 heavy (non-hydrogen) atoms. The molecule has 6 nitrogen and oxygen atoms in total. The van der Waals surface area contributed by atoms with Crippen LogP contribution in [0.15, 0.2) is 29.4 Å². The third kappa shape index (κ3) is 3.58. The van der Waals surface area contributed by atoms with Gasteiger partial charge in [-0.05, 0) is 12.1 Å². The minimum atomic E-state index is 0.778. The number of nitrogens with zero attached hydrogens (tertiary/aromatic N) is 2. The van der Waals surface area contributed by atoms with Crippen LogP contribution in [0.2, 0.25) is 0 Å². The summed E-state index contributed by atoms with van der Waals surface area (Å²) in [7, 11) is 1.67. The van der Waals surface area contributed by atoms with Gasteiger partial charge in [-0.3, -0.25) is 9.89 Å². The van der Waals surface area contributed by atoms with Crippen molar-refractivity contribution in [2.45, 2.75) is 0 Å². The van der Waals surface area contributed by atoms with Crippen molar-refractivity contribution in [2.24, 2.45) is 4.99 Å². The number of hydrogen-bond acceptors (Lipinski definition) is 4. The molecule has 118 valence electrons. The fourth-order valence-corrected chi connectivity index (χ4v) is 2.54. The summed E-state index contributed by atoms with van der Waals surface area (Å²) in [5.74, 6) is 0.805. The molecule has 0 amide bonds. The third-order valence-electron chi connectivity index (χ3n) is 3.79. The van der Waals surface area contributed by atoms with E-state index in [0.717, 1.165) is 62.2 Å². The van der Waals surface area contributed by atoms with Crippen molar-refractivity contribution in [3.63, 3.8) is 0 Å². The molecule has 2 aromatic rings. The van der Waals surface area contributed by atoms with Crippen LogP contribution in [0, 0.1) is 0 Å². The van der Waals surface area contributed by atoms with Crippen molar-refractivity contribution >= 4 is 6.21 Å². The first-order chi connectivity index (χ1) is 10.9. The van der Waals surface area contributed by atoms with Gasteiger partial charge in [0.25, 0.3) is 0 Å². The fraction of sp³-hybridized carbons (Fsp3) is 0.438. The monoisotopic (exact) mass is 302 g/mol. The standard InChI is InChI=1S/C16H22N4O2/c1-21-16-11-14(13-3-2-4-18-13)19-15(16)12-17-5-6-20-7-9-22-10-8-20/h2-4,11-12,18-19H,5-10H2,1H3. The molecule has 0 aliphatic carbocycles. The molecule has 0 bridgehead atoms. The highest BCUT2D eigenvalue weighted by molar-refractivity contribution is 5.83. The maximum atomic E-state index is 5.41. The Bertz CT molecular complexity index is 598. The van der Waals surface area contributed by atoms with E-state index in [9.17, 15) is 0 Å². The van der Waals surface area contributed by atoms with E-state index in [1.165, 1.54) is 0 Å². The van der Waals surface area contributed by atoms with E-state index in [0.29, 0.717) is 0 Å². The Morgan fingerprint density at radius 2 is 2.23 bits per heavy atom. The first-order valence-electron chi connectivity index (χ1n) is 7.57. The van der Waals surface area contributed by atoms with Gasteiger partial charge in [0.05, 0.1) is 44.0 Å². The quantitative estimate of drug-likeness (QED) is 0.799. The third-order valence-corrected chi connectivity index (χ3v) is 3.79. The smallest absolute Gasteiger partial charge is 0.146 e. The molecule has 0 atom stereocenters. The minimum Gasteiger partial charge on any atom is -0.494 e. The molecule has 1 fully saturated rings. The number of ether oxygens (including phenoxy) is 2. The molecule has 1 aliphatic heterocycles. The zero-order valence-corrected chi connectivity index (χ0v) is 12.8. The lowest BCUT2D eigenvalue weighted by atomic mass is 10.3. The summed E-state index contributed by atoms with van der Waals surface area (Å²) in [6.07, 6.45) is 3.75. The maximum absolute atomic E-state index is 5.41.